The van der Waals surface area contributed by atoms with Gasteiger partial charge in [-0.05, 0) is 19.3 Å². The Bertz CT molecular complexity index is 912. The number of rotatable bonds is 3. The molecule has 0 fully saturated rings. The molecular weight excluding hydrogens is 332 g/mol. The van der Waals surface area contributed by atoms with Gasteiger partial charge in [0, 0.05) is 62.1 Å². The summed E-state index contributed by atoms with van der Waals surface area (Å²) in [5.74, 6) is 0.848. The summed E-state index contributed by atoms with van der Waals surface area (Å²) < 4.78 is 2.10. The highest BCUT2D eigenvalue weighted by Gasteiger charge is 2.21. The molecule has 0 spiro atoms. The second kappa shape index (κ2) is 6.31. The standard InChI is InChI=1S/C18H20N6S/c1-2-5-19-16(3-1)17-20-9-13-10-23(6-4-15(13)22-17)11-14-12-24-7-8-25-18(24)21-14/h7-9,12H,1-6,10-11H2. The summed E-state index contributed by atoms with van der Waals surface area (Å²) in [6.07, 6.45) is 10.6. The molecule has 0 saturated heterocycles. The summed E-state index contributed by atoms with van der Waals surface area (Å²) in [4.78, 5) is 22.2. The van der Waals surface area contributed by atoms with Crippen molar-refractivity contribution in [3.63, 3.8) is 0 Å². The van der Waals surface area contributed by atoms with E-state index in [2.05, 4.69) is 37.1 Å². The number of aromatic nitrogens is 4. The van der Waals surface area contributed by atoms with E-state index in [0.717, 1.165) is 61.2 Å². The van der Waals surface area contributed by atoms with Crippen LogP contribution in [0.1, 0.15) is 42.0 Å². The monoisotopic (exact) mass is 352 g/mol. The molecule has 3 aromatic rings. The zero-order valence-corrected chi connectivity index (χ0v) is 14.9. The number of thiazole rings is 1. The third-order valence-corrected chi connectivity index (χ3v) is 5.69. The maximum absolute atomic E-state index is 4.82. The van der Waals surface area contributed by atoms with E-state index >= 15 is 0 Å². The minimum absolute atomic E-state index is 0.848. The van der Waals surface area contributed by atoms with Gasteiger partial charge >= 0.3 is 0 Å². The van der Waals surface area contributed by atoms with Crippen molar-refractivity contribution < 1.29 is 0 Å². The Morgan fingerprint density at radius 3 is 3.04 bits per heavy atom. The molecule has 0 aliphatic carbocycles. The van der Waals surface area contributed by atoms with E-state index in [9.17, 15) is 0 Å². The summed E-state index contributed by atoms with van der Waals surface area (Å²) in [7, 11) is 0. The van der Waals surface area contributed by atoms with E-state index in [1.807, 2.05) is 6.20 Å². The van der Waals surface area contributed by atoms with Crippen LogP contribution in [-0.4, -0.2) is 43.1 Å². The van der Waals surface area contributed by atoms with Gasteiger partial charge in [-0.25, -0.2) is 15.0 Å². The van der Waals surface area contributed by atoms with E-state index in [-0.39, 0.29) is 0 Å². The molecule has 3 aromatic heterocycles. The zero-order chi connectivity index (χ0) is 16.6. The fourth-order valence-electron chi connectivity index (χ4n) is 3.61. The van der Waals surface area contributed by atoms with Crippen LogP contribution < -0.4 is 0 Å². The summed E-state index contributed by atoms with van der Waals surface area (Å²) in [5.41, 5.74) is 4.66. The predicted molar refractivity (Wildman–Crippen MR) is 98.2 cm³/mol. The molecule has 0 amide bonds. The quantitative estimate of drug-likeness (QED) is 0.727. The van der Waals surface area contributed by atoms with E-state index in [1.165, 1.54) is 24.1 Å². The smallest absolute Gasteiger partial charge is 0.193 e. The highest BCUT2D eigenvalue weighted by Crippen LogP contribution is 2.20. The molecule has 0 saturated carbocycles. The minimum atomic E-state index is 0.848. The second-order valence-corrected chi connectivity index (χ2v) is 7.61. The molecule has 0 radical (unpaired) electrons. The third kappa shape index (κ3) is 2.98. The molecular formula is C18H20N6S. The highest BCUT2D eigenvalue weighted by atomic mass is 32.1. The molecule has 0 atom stereocenters. The first-order chi connectivity index (χ1) is 12.3. The molecule has 2 aliphatic rings. The molecule has 128 valence electrons. The average molecular weight is 352 g/mol. The van der Waals surface area contributed by atoms with Crippen LogP contribution in [0.25, 0.3) is 4.96 Å². The maximum atomic E-state index is 4.82. The molecule has 5 rings (SSSR count). The summed E-state index contributed by atoms with van der Waals surface area (Å²) >= 11 is 1.68. The fourth-order valence-corrected chi connectivity index (χ4v) is 4.33. The van der Waals surface area contributed by atoms with Gasteiger partial charge in [0.2, 0.25) is 0 Å². The van der Waals surface area contributed by atoms with Crippen molar-refractivity contribution in [3.05, 3.63) is 46.7 Å². The molecule has 0 unspecified atom stereocenters. The molecule has 0 bridgehead atoms. The summed E-state index contributed by atoms with van der Waals surface area (Å²) in [6, 6.07) is 0. The Kier molecular flexibility index (Phi) is 3.83. The fraction of sp³-hybridized carbons (Fsp3) is 0.444. The number of fused-ring (bicyclic) bond motifs is 2. The molecule has 6 nitrogen and oxygen atoms in total. The van der Waals surface area contributed by atoms with Crippen LogP contribution in [0.2, 0.25) is 0 Å². The molecule has 2 aliphatic heterocycles. The molecule has 25 heavy (non-hydrogen) atoms. The minimum Gasteiger partial charge on any atom is -0.297 e. The number of imidazole rings is 1. The summed E-state index contributed by atoms with van der Waals surface area (Å²) in [5, 5.41) is 2.06. The zero-order valence-electron chi connectivity index (χ0n) is 14.1. The lowest BCUT2D eigenvalue weighted by atomic mass is 10.1. The first-order valence-electron chi connectivity index (χ1n) is 8.87. The molecule has 0 N–H and O–H groups in total. The van der Waals surface area contributed by atoms with Crippen molar-refractivity contribution >= 4 is 22.0 Å². The van der Waals surface area contributed by atoms with Crippen molar-refractivity contribution in [2.75, 3.05) is 13.1 Å². The van der Waals surface area contributed by atoms with Crippen molar-refractivity contribution in [1.29, 1.82) is 0 Å². The maximum Gasteiger partial charge on any atom is 0.193 e. The summed E-state index contributed by atoms with van der Waals surface area (Å²) in [6.45, 7) is 3.71. The Morgan fingerprint density at radius 2 is 2.16 bits per heavy atom. The van der Waals surface area contributed by atoms with E-state index in [4.69, 9.17) is 9.97 Å². The SMILES string of the molecule is c1cn2cc(CN3CCc4nc(C5=NCCCC5)ncc4C3)nc2s1. The van der Waals surface area contributed by atoms with Crippen LogP contribution in [0.4, 0.5) is 0 Å². The van der Waals surface area contributed by atoms with Gasteiger partial charge in [0.25, 0.3) is 0 Å². The Labute approximate surface area is 150 Å². The van der Waals surface area contributed by atoms with E-state index < -0.39 is 0 Å². The van der Waals surface area contributed by atoms with E-state index in [1.54, 1.807) is 11.3 Å². The van der Waals surface area contributed by atoms with Gasteiger partial charge in [0.1, 0.15) is 0 Å². The molecule has 5 heterocycles. The van der Waals surface area contributed by atoms with Gasteiger partial charge < -0.3 is 0 Å². The van der Waals surface area contributed by atoms with Gasteiger partial charge in [0.15, 0.2) is 10.8 Å². The van der Waals surface area contributed by atoms with Crippen LogP contribution in [0.15, 0.2) is 29.0 Å². The number of aliphatic imine (C=N–C) groups is 1. The Morgan fingerprint density at radius 1 is 1.16 bits per heavy atom. The first-order valence-corrected chi connectivity index (χ1v) is 9.75. The van der Waals surface area contributed by atoms with Crippen molar-refractivity contribution in [3.8, 4) is 0 Å². The highest BCUT2D eigenvalue weighted by molar-refractivity contribution is 7.15. The number of hydrogen-bond donors (Lipinski definition) is 0. The Hall–Kier alpha value is -2.12. The van der Waals surface area contributed by atoms with Crippen molar-refractivity contribution in [2.24, 2.45) is 4.99 Å². The van der Waals surface area contributed by atoms with Crippen LogP contribution in [0.3, 0.4) is 0 Å². The van der Waals surface area contributed by atoms with Gasteiger partial charge in [-0.2, -0.15) is 0 Å². The van der Waals surface area contributed by atoms with Gasteiger partial charge in [0.05, 0.1) is 17.1 Å². The van der Waals surface area contributed by atoms with Gasteiger partial charge in [-0.3, -0.25) is 14.3 Å². The average Bonchev–Trinajstić information content (AvgIpc) is 3.23. The lowest BCUT2D eigenvalue weighted by Gasteiger charge is -2.27. The van der Waals surface area contributed by atoms with Crippen LogP contribution >= 0.6 is 11.3 Å². The predicted octanol–water partition coefficient (Wildman–Crippen LogP) is 2.72. The normalized spacial score (nSPS) is 18.3. The van der Waals surface area contributed by atoms with Crippen molar-refractivity contribution in [1.82, 2.24) is 24.3 Å². The topological polar surface area (TPSA) is 58.7 Å². The number of hydrogen-bond acceptors (Lipinski definition) is 6. The lowest BCUT2D eigenvalue weighted by Crippen LogP contribution is -2.31. The van der Waals surface area contributed by atoms with Crippen molar-refractivity contribution in [2.45, 2.75) is 38.8 Å². The van der Waals surface area contributed by atoms with Gasteiger partial charge in [-0.1, -0.05) is 0 Å². The van der Waals surface area contributed by atoms with Gasteiger partial charge in [-0.15, -0.1) is 11.3 Å². The first kappa shape index (κ1) is 15.2. The number of nitrogens with zero attached hydrogens (tertiary/aromatic N) is 6. The van der Waals surface area contributed by atoms with E-state index in [0.29, 0.717) is 0 Å². The van der Waals surface area contributed by atoms with Crippen LogP contribution in [0, 0.1) is 0 Å². The largest absolute Gasteiger partial charge is 0.297 e. The third-order valence-electron chi connectivity index (χ3n) is 4.92. The lowest BCUT2D eigenvalue weighted by molar-refractivity contribution is 0.240. The van der Waals surface area contributed by atoms with Crippen LogP contribution in [0.5, 0.6) is 0 Å². The molecule has 7 heteroatoms. The molecule has 0 aromatic carbocycles. The Balaban J connectivity index is 1.32. The second-order valence-electron chi connectivity index (χ2n) is 6.74. The van der Waals surface area contributed by atoms with Crippen LogP contribution in [-0.2, 0) is 19.5 Å².